The first-order valence-electron chi connectivity index (χ1n) is 10.8. The highest BCUT2D eigenvalue weighted by Crippen LogP contribution is 2.34. The Bertz CT molecular complexity index is 982. The van der Waals surface area contributed by atoms with Gasteiger partial charge in [-0.25, -0.2) is 0 Å². The van der Waals surface area contributed by atoms with E-state index < -0.39 is 35.7 Å². The second kappa shape index (κ2) is 9.85. The predicted molar refractivity (Wildman–Crippen MR) is 116 cm³/mol. The van der Waals surface area contributed by atoms with Crippen LogP contribution >= 0.6 is 0 Å². The third-order valence-corrected chi connectivity index (χ3v) is 6.03. The Hall–Kier alpha value is -2.75. The first-order valence-corrected chi connectivity index (χ1v) is 10.8. The summed E-state index contributed by atoms with van der Waals surface area (Å²) in [7, 11) is 0. The standard InChI is InChI=1S/C24H26F6N2O2/c1-4-17(23(25,26)27)7-6-16(3)20-14-21(34-20)22(33)32-11-9-31(10-12-32)19-13-18(24(28,29)30)8-5-15(19)2/h4-8,13,20-21H,3,9-12,14H2,1-2H3/b7-6-,17-4+/t20-,21+/m0/s1. The third kappa shape index (κ3) is 5.84. The molecule has 2 heterocycles. The molecule has 2 aliphatic rings. The van der Waals surface area contributed by atoms with E-state index in [2.05, 4.69) is 6.58 Å². The van der Waals surface area contributed by atoms with E-state index >= 15 is 0 Å². The Morgan fingerprint density at radius 1 is 1.06 bits per heavy atom. The molecule has 0 radical (unpaired) electrons. The van der Waals surface area contributed by atoms with Crippen molar-refractivity contribution in [2.24, 2.45) is 0 Å². The van der Waals surface area contributed by atoms with Crippen LogP contribution in [0, 0.1) is 6.92 Å². The summed E-state index contributed by atoms with van der Waals surface area (Å²) in [6.07, 6.45) is -6.70. The van der Waals surface area contributed by atoms with Crippen LogP contribution in [0.4, 0.5) is 32.0 Å². The average molecular weight is 488 g/mol. The first kappa shape index (κ1) is 25.9. The zero-order valence-corrected chi connectivity index (χ0v) is 18.8. The number of allylic oxidation sites excluding steroid dienone is 3. The number of amides is 1. The molecule has 186 valence electrons. The van der Waals surface area contributed by atoms with E-state index in [9.17, 15) is 31.1 Å². The SMILES string of the molecule is C=C(/C=C\C(=C/C)C(F)(F)F)[C@@H]1C[C@H](C(=O)N2CCN(c3cc(C(F)(F)F)ccc3C)CC2)O1. The van der Waals surface area contributed by atoms with Crippen molar-refractivity contribution in [3.8, 4) is 0 Å². The lowest BCUT2D eigenvalue weighted by molar-refractivity contribution is -0.166. The minimum absolute atomic E-state index is 0.238. The van der Waals surface area contributed by atoms with E-state index in [0.717, 1.165) is 29.8 Å². The molecule has 1 aromatic carbocycles. The molecule has 0 unspecified atom stereocenters. The lowest BCUT2D eigenvalue weighted by Crippen LogP contribution is -2.55. The second-order valence-corrected chi connectivity index (χ2v) is 8.31. The average Bonchev–Trinajstić information content (AvgIpc) is 2.71. The summed E-state index contributed by atoms with van der Waals surface area (Å²) in [5, 5.41) is 0. The van der Waals surface area contributed by atoms with Gasteiger partial charge in [0.25, 0.3) is 5.91 Å². The molecule has 2 fully saturated rings. The van der Waals surface area contributed by atoms with Crippen LogP contribution in [0.2, 0.25) is 0 Å². The van der Waals surface area contributed by atoms with Crippen molar-refractivity contribution in [1.29, 1.82) is 0 Å². The van der Waals surface area contributed by atoms with Gasteiger partial charge in [-0.15, -0.1) is 0 Å². The van der Waals surface area contributed by atoms with Gasteiger partial charge in [0.1, 0.15) is 6.10 Å². The fourth-order valence-electron chi connectivity index (χ4n) is 3.94. The Kier molecular flexibility index (Phi) is 7.50. The molecule has 0 N–H and O–H groups in total. The van der Waals surface area contributed by atoms with Crippen molar-refractivity contribution in [2.75, 3.05) is 31.1 Å². The number of anilines is 1. The molecule has 0 aromatic heterocycles. The maximum Gasteiger partial charge on any atom is 0.416 e. The van der Waals surface area contributed by atoms with E-state index in [0.29, 0.717) is 43.9 Å². The minimum atomic E-state index is -4.46. The van der Waals surface area contributed by atoms with Crippen LogP contribution in [0.1, 0.15) is 24.5 Å². The van der Waals surface area contributed by atoms with Crippen molar-refractivity contribution in [1.82, 2.24) is 4.90 Å². The van der Waals surface area contributed by atoms with Crippen molar-refractivity contribution in [3.63, 3.8) is 0 Å². The molecule has 4 nitrogen and oxygen atoms in total. The Balaban J connectivity index is 1.51. The van der Waals surface area contributed by atoms with Crippen molar-refractivity contribution >= 4 is 11.6 Å². The number of carbonyl (C=O) groups excluding carboxylic acids is 1. The lowest BCUT2D eigenvalue weighted by Gasteiger charge is -2.42. The predicted octanol–water partition coefficient (Wildman–Crippen LogP) is 5.44. The van der Waals surface area contributed by atoms with Gasteiger partial charge in [0, 0.05) is 38.3 Å². The van der Waals surface area contributed by atoms with Crippen LogP contribution in [-0.4, -0.2) is 55.4 Å². The van der Waals surface area contributed by atoms with E-state index in [1.807, 2.05) is 4.90 Å². The minimum Gasteiger partial charge on any atom is -0.368 e. The molecule has 3 rings (SSSR count). The van der Waals surface area contributed by atoms with Gasteiger partial charge in [0.15, 0.2) is 0 Å². The van der Waals surface area contributed by atoms with Crippen LogP contribution < -0.4 is 4.90 Å². The number of hydrogen-bond acceptors (Lipinski definition) is 3. The molecule has 2 aliphatic heterocycles. The quantitative estimate of drug-likeness (QED) is 0.409. The van der Waals surface area contributed by atoms with Gasteiger partial charge in [-0.05, 0) is 37.1 Å². The zero-order chi connectivity index (χ0) is 25.3. The van der Waals surface area contributed by atoms with Crippen LogP contribution in [0.25, 0.3) is 0 Å². The number of halogens is 6. The van der Waals surface area contributed by atoms with Gasteiger partial charge in [0.05, 0.1) is 17.2 Å². The summed E-state index contributed by atoms with van der Waals surface area (Å²) in [4.78, 5) is 16.1. The summed E-state index contributed by atoms with van der Waals surface area (Å²) in [5.41, 5.74) is 0.0407. The number of piperazine rings is 1. The first-order chi connectivity index (χ1) is 15.8. The summed E-state index contributed by atoms with van der Waals surface area (Å²) in [6, 6.07) is 3.62. The number of aryl methyl sites for hydroxylation is 1. The summed E-state index contributed by atoms with van der Waals surface area (Å²) in [6.45, 7) is 8.18. The van der Waals surface area contributed by atoms with Gasteiger partial charge in [-0.3, -0.25) is 4.79 Å². The van der Waals surface area contributed by atoms with E-state index in [-0.39, 0.29) is 5.91 Å². The molecule has 0 aliphatic carbocycles. The summed E-state index contributed by atoms with van der Waals surface area (Å²) in [5.74, 6) is -0.238. The van der Waals surface area contributed by atoms with Crippen molar-refractivity contribution in [3.05, 3.63) is 65.3 Å². The smallest absolute Gasteiger partial charge is 0.368 e. The molecular weight excluding hydrogens is 462 g/mol. The number of alkyl halides is 6. The molecule has 2 saturated heterocycles. The van der Waals surface area contributed by atoms with Crippen LogP contribution in [0.15, 0.2) is 54.2 Å². The topological polar surface area (TPSA) is 32.8 Å². The fourth-order valence-corrected chi connectivity index (χ4v) is 3.94. The normalized spacial score (nSPS) is 22.2. The van der Waals surface area contributed by atoms with Crippen molar-refractivity contribution < 1.29 is 35.9 Å². The molecule has 1 amide bonds. The number of ether oxygens (including phenoxy) is 1. The number of hydrogen-bond donors (Lipinski definition) is 0. The molecule has 0 bridgehead atoms. The van der Waals surface area contributed by atoms with Gasteiger partial charge in [-0.1, -0.05) is 30.9 Å². The molecule has 34 heavy (non-hydrogen) atoms. The van der Waals surface area contributed by atoms with E-state index in [4.69, 9.17) is 4.74 Å². The van der Waals surface area contributed by atoms with Crippen LogP contribution in [-0.2, 0) is 15.7 Å². The number of nitrogens with zero attached hydrogens (tertiary/aromatic N) is 2. The van der Waals surface area contributed by atoms with Crippen molar-refractivity contribution in [2.45, 2.75) is 44.8 Å². The molecule has 0 spiro atoms. The molecule has 1 aromatic rings. The monoisotopic (exact) mass is 488 g/mol. The van der Waals surface area contributed by atoms with Crippen LogP contribution in [0.5, 0.6) is 0 Å². The van der Waals surface area contributed by atoms with Gasteiger partial charge < -0.3 is 14.5 Å². The fraction of sp³-hybridized carbons (Fsp3) is 0.458. The maximum absolute atomic E-state index is 13.1. The second-order valence-electron chi connectivity index (χ2n) is 8.31. The molecular formula is C24H26F6N2O2. The summed E-state index contributed by atoms with van der Waals surface area (Å²) < 4.78 is 83.1. The Morgan fingerprint density at radius 2 is 1.68 bits per heavy atom. The third-order valence-electron chi connectivity index (χ3n) is 6.03. The highest BCUT2D eigenvalue weighted by Gasteiger charge is 2.40. The highest BCUT2D eigenvalue weighted by molar-refractivity contribution is 5.82. The largest absolute Gasteiger partial charge is 0.416 e. The number of benzene rings is 1. The maximum atomic E-state index is 13.1. The Morgan fingerprint density at radius 3 is 2.21 bits per heavy atom. The van der Waals surface area contributed by atoms with E-state index in [1.165, 1.54) is 19.1 Å². The van der Waals surface area contributed by atoms with Gasteiger partial charge in [-0.2, -0.15) is 26.3 Å². The molecule has 10 heteroatoms. The highest BCUT2D eigenvalue weighted by atomic mass is 19.4. The van der Waals surface area contributed by atoms with Crippen LogP contribution in [0.3, 0.4) is 0 Å². The molecule has 0 saturated carbocycles. The number of carbonyl (C=O) groups is 1. The zero-order valence-electron chi connectivity index (χ0n) is 18.8. The lowest BCUT2D eigenvalue weighted by atomic mass is 9.96. The molecule has 2 atom stereocenters. The Labute approximate surface area is 194 Å². The van der Waals surface area contributed by atoms with Gasteiger partial charge >= 0.3 is 12.4 Å². The summed E-state index contributed by atoms with van der Waals surface area (Å²) >= 11 is 0. The number of rotatable bonds is 5. The van der Waals surface area contributed by atoms with Gasteiger partial charge in [0.2, 0.25) is 0 Å². The van der Waals surface area contributed by atoms with E-state index in [1.54, 1.807) is 11.8 Å².